The first kappa shape index (κ1) is 12.3. The number of aryl methyl sites for hydroxylation is 1. The Morgan fingerprint density at radius 3 is 2.82 bits per heavy atom. The van der Waals surface area contributed by atoms with Crippen LogP contribution in [-0.4, -0.2) is 14.8 Å². The number of hydrogen-bond acceptors (Lipinski definition) is 3. The van der Waals surface area contributed by atoms with E-state index in [1.807, 2.05) is 12.3 Å². The fourth-order valence-electron chi connectivity index (χ4n) is 1.68. The normalized spacial score (nSPS) is 10.8. The molecule has 2 heterocycles. The zero-order valence-corrected chi connectivity index (χ0v) is 11.3. The van der Waals surface area contributed by atoms with Gasteiger partial charge in [0.25, 0.3) is 0 Å². The second-order valence-corrected chi connectivity index (χ2v) is 4.80. The summed E-state index contributed by atoms with van der Waals surface area (Å²) in [5.41, 5.74) is 7.86. The molecule has 0 aliphatic carbocycles. The molecule has 5 heteroatoms. The molecule has 0 atom stereocenters. The van der Waals surface area contributed by atoms with Crippen molar-refractivity contribution < 1.29 is 0 Å². The lowest BCUT2D eigenvalue weighted by molar-refractivity contribution is 0.807. The minimum atomic E-state index is 0.522. The average Bonchev–Trinajstić information content (AvgIpc) is 2.76. The van der Waals surface area contributed by atoms with E-state index in [0.29, 0.717) is 6.54 Å². The summed E-state index contributed by atoms with van der Waals surface area (Å²) in [5.74, 6) is 0.821. The minimum absolute atomic E-state index is 0.522. The summed E-state index contributed by atoms with van der Waals surface area (Å²) in [6.45, 7) is 2.66. The van der Waals surface area contributed by atoms with E-state index in [4.69, 9.17) is 5.73 Å². The molecule has 0 fully saturated rings. The molecular formula is C12H15BrN4. The van der Waals surface area contributed by atoms with Crippen LogP contribution < -0.4 is 5.73 Å². The third-order valence-electron chi connectivity index (χ3n) is 2.45. The molecule has 2 rings (SSSR count). The Morgan fingerprint density at radius 2 is 2.24 bits per heavy atom. The highest BCUT2D eigenvalue weighted by molar-refractivity contribution is 9.10. The van der Waals surface area contributed by atoms with E-state index in [2.05, 4.69) is 39.0 Å². The second kappa shape index (κ2) is 5.42. The number of aromatic nitrogens is 3. The summed E-state index contributed by atoms with van der Waals surface area (Å²) in [7, 11) is 0. The number of pyridine rings is 1. The second-order valence-electron chi connectivity index (χ2n) is 3.88. The number of hydrogen-bond donors (Lipinski definition) is 1. The maximum absolute atomic E-state index is 5.70. The smallest absolute Gasteiger partial charge is 0.153 e. The van der Waals surface area contributed by atoms with Crippen molar-refractivity contribution in [3.8, 4) is 5.82 Å². The van der Waals surface area contributed by atoms with Gasteiger partial charge in [-0.15, -0.1) is 0 Å². The molecule has 0 radical (unpaired) electrons. The summed E-state index contributed by atoms with van der Waals surface area (Å²) in [6, 6.07) is 4.03. The SMILES string of the molecule is CCCc1cc(CN)cc(-n2cc(Br)cn2)n1. The van der Waals surface area contributed by atoms with Crippen molar-refractivity contribution in [1.29, 1.82) is 0 Å². The van der Waals surface area contributed by atoms with Crippen molar-refractivity contribution in [3.05, 3.63) is 40.3 Å². The third kappa shape index (κ3) is 2.92. The van der Waals surface area contributed by atoms with E-state index < -0.39 is 0 Å². The molecular weight excluding hydrogens is 280 g/mol. The number of halogens is 1. The molecule has 0 unspecified atom stereocenters. The van der Waals surface area contributed by atoms with Gasteiger partial charge < -0.3 is 5.73 Å². The number of nitrogens with two attached hydrogens (primary N) is 1. The lowest BCUT2D eigenvalue weighted by Crippen LogP contribution is -2.05. The van der Waals surface area contributed by atoms with Gasteiger partial charge in [-0.1, -0.05) is 13.3 Å². The van der Waals surface area contributed by atoms with Crippen LogP contribution in [0.2, 0.25) is 0 Å². The number of rotatable bonds is 4. The predicted molar refractivity (Wildman–Crippen MR) is 70.9 cm³/mol. The van der Waals surface area contributed by atoms with Gasteiger partial charge in [-0.25, -0.2) is 9.67 Å². The van der Waals surface area contributed by atoms with Crippen molar-refractivity contribution in [2.45, 2.75) is 26.3 Å². The first-order valence-electron chi connectivity index (χ1n) is 5.63. The van der Waals surface area contributed by atoms with Crippen molar-refractivity contribution in [3.63, 3.8) is 0 Å². The van der Waals surface area contributed by atoms with Gasteiger partial charge in [0.1, 0.15) is 0 Å². The van der Waals surface area contributed by atoms with Crippen LogP contribution in [0.5, 0.6) is 0 Å². The van der Waals surface area contributed by atoms with Gasteiger partial charge >= 0.3 is 0 Å². The largest absolute Gasteiger partial charge is 0.326 e. The first-order chi connectivity index (χ1) is 8.22. The maximum Gasteiger partial charge on any atom is 0.153 e. The Labute approximate surface area is 109 Å². The molecule has 17 heavy (non-hydrogen) atoms. The highest BCUT2D eigenvalue weighted by atomic mass is 79.9. The Morgan fingerprint density at radius 1 is 1.41 bits per heavy atom. The lowest BCUT2D eigenvalue weighted by Gasteiger charge is -2.07. The van der Waals surface area contributed by atoms with E-state index in [1.54, 1.807) is 10.9 Å². The summed E-state index contributed by atoms with van der Waals surface area (Å²) >= 11 is 3.38. The molecule has 0 aliphatic rings. The van der Waals surface area contributed by atoms with Crippen molar-refractivity contribution >= 4 is 15.9 Å². The van der Waals surface area contributed by atoms with Crippen LogP contribution in [0, 0.1) is 0 Å². The Hall–Kier alpha value is -1.20. The van der Waals surface area contributed by atoms with Crippen LogP contribution in [0.1, 0.15) is 24.6 Å². The predicted octanol–water partition coefficient (Wildman–Crippen LogP) is 2.44. The van der Waals surface area contributed by atoms with Crippen molar-refractivity contribution in [1.82, 2.24) is 14.8 Å². The van der Waals surface area contributed by atoms with Crippen LogP contribution in [0.15, 0.2) is 29.0 Å². The van der Waals surface area contributed by atoms with Crippen molar-refractivity contribution in [2.75, 3.05) is 0 Å². The molecule has 0 saturated heterocycles. The van der Waals surface area contributed by atoms with Gasteiger partial charge in [0.05, 0.1) is 10.7 Å². The average molecular weight is 295 g/mol. The highest BCUT2D eigenvalue weighted by Crippen LogP contribution is 2.14. The Kier molecular flexibility index (Phi) is 3.91. The zero-order valence-electron chi connectivity index (χ0n) is 9.73. The molecule has 90 valence electrons. The standard InChI is InChI=1S/C12H15BrN4/c1-2-3-11-4-9(6-14)5-12(16-11)17-8-10(13)7-15-17/h4-5,7-8H,2-3,6,14H2,1H3. The molecule has 0 amide bonds. The lowest BCUT2D eigenvalue weighted by atomic mass is 10.1. The highest BCUT2D eigenvalue weighted by Gasteiger charge is 2.05. The van der Waals surface area contributed by atoms with Crippen LogP contribution in [0.4, 0.5) is 0 Å². The first-order valence-corrected chi connectivity index (χ1v) is 6.42. The Balaban J connectivity index is 2.42. The molecule has 2 N–H and O–H groups in total. The summed E-state index contributed by atoms with van der Waals surface area (Å²) in [4.78, 5) is 4.58. The summed E-state index contributed by atoms with van der Waals surface area (Å²) < 4.78 is 2.69. The van der Waals surface area contributed by atoms with Gasteiger partial charge in [-0.2, -0.15) is 5.10 Å². The summed E-state index contributed by atoms with van der Waals surface area (Å²) in [5, 5.41) is 4.23. The fraction of sp³-hybridized carbons (Fsp3) is 0.333. The molecule has 0 saturated carbocycles. The topological polar surface area (TPSA) is 56.7 Å². The van der Waals surface area contributed by atoms with Crippen LogP contribution >= 0.6 is 15.9 Å². The molecule has 0 aromatic carbocycles. The van der Waals surface area contributed by atoms with Crippen LogP contribution in [-0.2, 0) is 13.0 Å². The van der Waals surface area contributed by atoms with Gasteiger partial charge in [0.2, 0.25) is 0 Å². The van der Waals surface area contributed by atoms with E-state index in [9.17, 15) is 0 Å². The fourth-order valence-corrected chi connectivity index (χ4v) is 1.96. The molecule has 0 bridgehead atoms. The van der Waals surface area contributed by atoms with Gasteiger partial charge in [0.15, 0.2) is 5.82 Å². The van der Waals surface area contributed by atoms with Gasteiger partial charge in [-0.3, -0.25) is 0 Å². The Bertz CT molecular complexity index is 507. The quantitative estimate of drug-likeness (QED) is 0.942. The molecule has 2 aromatic rings. The zero-order chi connectivity index (χ0) is 12.3. The van der Waals surface area contributed by atoms with Crippen LogP contribution in [0.25, 0.3) is 5.82 Å². The molecule has 2 aromatic heterocycles. The maximum atomic E-state index is 5.70. The molecule has 0 spiro atoms. The van der Waals surface area contributed by atoms with E-state index in [0.717, 1.165) is 34.4 Å². The van der Waals surface area contributed by atoms with Gasteiger partial charge in [-0.05, 0) is 40.0 Å². The van der Waals surface area contributed by atoms with E-state index >= 15 is 0 Å². The van der Waals surface area contributed by atoms with Crippen LogP contribution in [0.3, 0.4) is 0 Å². The monoisotopic (exact) mass is 294 g/mol. The summed E-state index contributed by atoms with van der Waals surface area (Å²) in [6.07, 6.45) is 5.67. The molecule has 0 aliphatic heterocycles. The minimum Gasteiger partial charge on any atom is -0.326 e. The number of nitrogens with zero attached hydrogens (tertiary/aromatic N) is 3. The third-order valence-corrected chi connectivity index (χ3v) is 2.86. The van der Waals surface area contributed by atoms with Crippen molar-refractivity contribution in [2.24, 2.45) is 5.73 Å². The molecule has 4 nitrogen and oxygen atoms in total. The van der Waals surface area contributed by atoms with E-state index in [1.165, 1.54) is 0 Å². The van der Waals surface area contributed by atoms with Gasteiger partial charge in [0, 0.05) is 18.4 Å². The van der Waals surface area contributed by atoms with E-state index in [-0.39, 0.29) is 0 Å².